The van der Waals surface area contributed by atoms with E-state index in [2.05, 4.69) is 5.32 Å². The molecule has 1 amide bonds. The molecule has 0 saturated carbocycles. The molecule has 0 aromatic heterocycles. The lowest BCUT2D eigenvalue weighted by Crippen LogP contribution is -2.15. The van der Waals surface area contributed by atoms with Gasteiger partial charge >= 0.3 is 0 Å². The predicted molar refractivity (Wildman–Crippen MR) is 77.8 cm³/mol. The van der Waals surface area contributed by atoms with Gasteiger partial charge in [0.05, 0.1) is 17.5 Å². The molecule has 0 spiro atoms. The Balaban J connectivity index is 1.97. The molecule has 2 rings (SSSR count). The number of halogens is 1. The van der Waals surface area contributed by atoms with Crippen LogP contribution in [0.1, 0.15) is 18.1 Å². The molecule has 0 fully saturated rings. The second kappa shape index (κ2) is 6.41. The Hall–Kier alpha value is -2.04. The number of rotatable bonds is 4. The summed E-state index contributed by atoms with van der Waals surface area (Å²) in [6.07, 6.45) is -0.911. The Labute approximate surface area is 121 Å². The first-order valence-corrected chi connectivity index (χ1v) is 6.45. The number of carbonyl (C=O) groups is 1. The molecule has 0 aliphatic carbocycles. The van der Waals surface area contributed by atoms with Gasteiger partial charge in [-0.25, -0.2) is 0 Å². The highest BCUT2D eigenvalue weighted by Gasteiger charge is 2.13. The van der Waals surface area contributed by atoms with Crippen molar-refractivity contribution >= 4 is 23.2 Å². The van der Waals surface area contributed by atoms with Gasteiger partial charge in [-0.15, -0.1) is 0 Å². The molecule has 5 heteroatoms. The number of aliphatic hydroxyl groups is 1. The largest absolute Gasteiger partial charge is 0.506 e. The van der Waals surface area contributed by atoms with E-state index in [0.717, 1.165) is 0 Å². The van der Waals surface area contributed by atoms with Crippen LogP contribution < -0.4 is 5.32 Å². The normalized spacial score (nSPS) is 11.9. The van der Waals surface area contributed by atoms with E-state index in [0.29, 0.717) is 11.3 Å². The van der Waals surface area contributed by atoms with Crippen molar-refractivity contribution in [1.82, 2.24) is 0 Å². The van der Waals surface area contributed by atoms with Crippen LogP contribution in [0.3, 0.4) is 0 Å². The van der Waals surface area contributed by atoms with Crippen molar-refractivity contribution in [2.75, 3.05) is 5.32 Å². The van der Waals surface area contributed by atoms with Crippen LogP contribution in [0.25, 0.3) is 0 Å². The second-order valence-electron chi connectivity index (χ2n) is 4.34. The molecule has 20 heavy (non-hydrogen) atoms. The molecular formula is C15H14ClNO3. The highest BCUT2D eigenvalue weighted by molar-refractivity contribution is 6.32. The summed E-state index contributed by atoms with van der Waals surface area (Å²) >= 11 is 5.75. The maximum Gasteiger partial charge on any atom is 0.227 e. The van der Waals surface area contributed by atoms with Crippen LogP contribution >= 0.6 is 11.6 Å². The first-order valence-electron chi connectivity index (χ1n) is 6.07. The lowest BCUT2D eigenvalue weighted by molar-refractivity contribution is -0.118. The summed E-state index contributed by atoms with van der Waals surface area (Å²) in [7, 11) is 0. The molecule has 0 aliphatic heterocycles. The average Bonchev–Trinajstić information content (AvgIpc) is 2.44. The monoisotopic (exact) mass is 291 g/mol. The van der Waals surface area contributed by atoms with Gasteiger partial charge in [0.2, 0.25) is 5.91 Å². The van der Waals surface area contributed by atoms with Gasteiger partial charge in [0.15, 0.2) is 0 Å². The van der Waals surface area contributed by atoms with Crippen molar-refractivity contribution in [1.29, 1.82) is 0 Å². The Morgan fingerprint density at radius 3 is 2.55 bits per heavy atom. The molecule has 0 aliphatic rings. The summed E-state index contributed by atoms with van der Waals surface area (Å²) < 4.78 is 0. The molecule has 2 aromatic carbocycles. The predicted octanol–water partition coefficient (Wildman–Crippen LogP) is 3.11. The summed E-state index contributed by atoms with van der Waals surface area (Å²) in [6.45, 7) is 0. The fourth-order valence-electron chi connectivity index (χ4n) is 1.77. The van der Waals surface area contributed by atoms with Crippen LogP contribution in [0.4, 0.5) is 5.69 Å². The van der Waals surface area contributed by atoms with Crippen molar-refractivity contribution in [2.24, 2.45) is 0 Å². The van der Waals surface area contributed by atoms with E-state index in [4.69, 9.17) is 11.6 Å². The molecule has 1 atom stereocenters. The van der Waals surface area contributed by atoms with Crippen LogP contribution in [0.15, 0.2) is 48.5 Å². The van der Waals surface area contributed by atoms with Crippen LogP contribution in [0, 0.1) is 0 Å². The third kappa shape index (κ3) is 3.73. The molecule has 104 valence electrons. The van der Waals surface area contributed by atoms with E-state index in [-0.39, 0.29) is 23.1 Å². The van der Waals surface area contributed by atoms with Crippen molar-refractivity contribution < 1.29 is 15.0 Å². The van der Waals surface area contributed by atoms with E-state index < -0.39 is 6.10 Å². The summed E-state index contributed by atoms with van der Waals surface area (Å²) in [6, 6.07) is 13.3. The fourth-order valence-corrected chi connectivity index (χ4v) is 1.95. The molecule has 2 aromatic rings. The summed E-state index contributed by atoms with van der Waals surface area (Å²) in [5, 5.41) is 22.0. The van der Waals surface area contributed by atoms with Crippen LogP contribution in [0.2, 0.25) is 5.02 Å². The molecule has 4 nitrogen and oxygen atoms in total. The lowest BCUT2D eigenvalue weighted by atomic mass is 10.1. The van der Waals surface area contributed by atoms with Crippen LogP contribution in [0.5, 0.6) is 5.75 Å². The van der Waals surface area contributed by atoms with Crippen LogP contribution in [-0.2, 0) is 4.79 Å². The van der Waals surface area contributed by atoms with E-state index in [1.54, 1.807) is 24.3 Å². The number of aromatic hydroxyl groups is 1. The molecule has 0 saturated heterocycles. The van der Waals surface area contributed by atoms with Crippen LogP contribution in [-0.4, -0.2) is 16.1 Å². The van der Waals surface area contributed by atoms with Gasteiger partial charge < -0.3 is 15.5 Å². The van der Waals surface area contributed by atoms with Gasteiger partial charge in [-0.05, 0) is 23.8 Å². The van der Waals surface area contributed by atoms with Gasteiger partial charge in [-0.2, -0.15) is 0 Å². The first-order chi connectivity index (χ1) is 9.56. The number of carbonyl (C=O) groups excluding carboxylic acids is 1. The molecule has 0 radical (unpaired) electrons. The topological polar surface area (TPSA) is 69.6 Å². The zero-order valence-electron chi connectivity index (χ0n) is 10.6. The zero-order chi connectivity index (χ0) is 14.5. The number of aliphatic hydroxyl groups excluding tert-OH is 1. The highest BCUT2D eigenvalue weighted by Crippen LogP contribution is 2.26. The van der Waals surface area contributed by atoms with Crippen molar-refractivity contribution in [3.63, 3.8) is 0 Å². The highest BCUT2D eigenvalue weighted by atomic mass is 35.5. The van der Waals surface area contributed by atoms with Gasteiger partial charge in [-0.3, -0.25) is 4.79 Å². The third-order valence-corrected chi connectivity index (χ3v) is 3.10. The maximum atomic E-state index is 11.8. The lowest BCUT2D eigenvalue weighted by Gasteiger charge is -2.11. The Morgan fingerprint density at radius 1 is 1.20 bits per heavy atom. The molecule has 0 unspecified atom stereocenters. The number of anilines is 1. The van der Waals surface area contributed by atoms with Crippen molar-refractivity contribution in [2.45, 2.75) is 12.5 Å². The smallest absolute Gasteiger partial charge is 0.227 e. The number of benzene rings is 2. The maximum absolute atomic E-state index is 11.8. The van der Waals surface area contributed by atoms with E-state index in [1.807, 2.05) is 6.07 Å². The van der Waals surface area contributed by atoms with Crippen molar-refractivity contribution in [3.05, 3.63) is 59.1 Å². The molecule has 0 heterocycles. The van der Waals surface area contributed by atoms with E-state index >= 15 is 0 Å². The summed E-state index contributed by atoms with van der Waals surface area (Å²) in [4.78, 5) is 11.8. The minimum Gasteiger partial charge on any atom is -0.506 e. The summed E-state index contributed by atoms with van der Waals surface area (Å²) in [5.41, 5.74) is 1.16. The minimum absolute atomic E-state index is 0.0472. The number of phenolic OH excluding ortho intramolecular Hbond substituents is 1. The van der Waals surface area contributed by atoms with E-state index in [1.165, 1.54) is 18.2 Å². The number of nitrogens with one attached hydrogen (secondary N) is 1. The van der Waals surface area contributed by atoms with Gasteiger partial charge in [0.25, 0.3) is 0 Å². The first kappa shape index (κ1) is 14.4. The molecular weight excluding hydrogens is 278 g/mol. The number of hydrogen-bond donors (Lipinski definition) is 3. The van der Waals surface area contributed by atoms with Gasteiger partial charge in [0, 0.05) is 5.69 Å². The molecule has 0 bridgehead atoms. The minimum atomic E-state index is -0.858. The fraction of sp³-hybridized carbons (Fsp3) is 0.133. The number of amides is 1. The van der Waals surface area contributed by atoms with E-state index in [9.17, 15) is 15.0 Å². The van der Waals surface area contributed by atoms with Gasteiger partial charge in [-0.1, -0.05) is 41.9 Å². The molecule has 3 N–H and O–H groups in total. The van der Waals surface area contributed by atoms with Crippen molar-refractivity contribution in [3.8, 4) is 5.75 Å². The Bertz CT molecular complexity index is 601. The van der Waals surface area contributed by atoms with Gasteiger partial charge in [0.1, 0.15) is 5.75 Å². The standard InChI is InChI=1S/C15H14ClNO3/c16-12-8-11(6-7-13(12)18)17-15(20)9-14(19)10-4-2-1-3-5-10/h1-8,14,18-19H,9H2,(H,17,20)/t14-/m1/s1. The Kier molecular flexibility index (Phi) is 4.61. The summed E-state index contributed by atoms with van der Waals surface area (Å²) in [5.74, 6) is -0.378. The average molecular weight is 292 g/mol. The number of hydrogen-bond acceptors (Lipinski definition) is 3. The SMILES string of the molecule is O=C(C[C@@H](O)c1ccccc1)Nc1ccc(O)c(Cl)c1. The Morgan fingerprint density at radius 2 is 1.90 bits per heavy atom. The second-order valence-corrected chi connectivity index (χ2v) is 4.75. The quantitative estimate of drug-likeness (QED) is 0.758. The third-order valence-electron chi connectivity index (χ3n) is 2.79. The zero-order valence-corrected chi connectivity index (χ0v) is 11.3. The number of phenols is 1.